The average molecular weight is 206 g/mol. The van der Waals surface area contributed by atoms with E-state index in [9.17, 15) is 0 Å². The number of nitrogens with one attached hydrogen (secondary N) is 2. The molecule has 2 heteroatoms. The van der Waals surface area contributed by atoms with E-state index in [0.717, 1.165) is 32.6 Å². The molecule has 0 atom stereocenters. The number of likely N-dealkylation sites (N-methyl/N-ethyl adjacent to an activating group) is 1. The number of hydrogen-bond acceptors (Lipinski definition) is 2. The van der Waals surface area contributed by atoms with Crippen molar-refractivity contribution in [2.75, 3.05) is 19.6 Å². The van der Waals surface area contributed by atoms with E-state index in [1.54, 1.807) is 0 Å². The van der Waals surface area contributed by atoms with Crippen molar-refractivity contribution in [2.45, 2.75) is 26.8 Å². The Labute approximate surface area is 93.1 Å². The third-order valence-electron chi connectivity index (χ3n) is 2.49. The zero-order chi connectivity index (χ0) is 10.9. The van der Waals surface area contributed by atoms with E-state index in [4.69, 9.17) is 0 Å². The van der Waals surface area contributed by atoms with Gasteiger partial charge in [0, 0.05) is 19.6 Å². The van der Waals surface area contributed by atoms with Gasteiger partial charge in [-0.05, 0) is 24.1 Å². The number of benzene rings is 1. The van der Waals surface area contributed by atoms with E-state index in [1.807, 2.05) is 0 Å². The smallest absolute Gasteiger partial charge is 0.0206 e. The van der Waals surface area contributed by atoms with Gasteiger partial charge in [0.1, 0.15) is 0 Å². The molecule has 0 heterocycles. The van der Waals surface area contributed by atoms with Crippen LogP contribution in [0.2, 0.25) is 0 Å². The van der Waals surface area contributed by atoms with E-state index in [2.05, 4.69) is 48.7 Å². The van der Waals surface area contributed by atoms with Gasteiger partial charge in [0.25, 0.3) is 0 Å². The molecule has 15 heavy (non-hydrogen) atoms. The summed E-state index contributed by atoms with van der Waals surface area (Å²) in [7, 11) is 0. The van der Waals surface area contributed by atoms with Crippen molar-refractivity contribution in [1.82, 2.24) is 10.6 Å². The van der Waals surface area contributed by atoms with Crippen molar-refractivity contribution in [2.24, 2.45) is 0 Å². The van der Waals surface area contributed by atoms with E-state index in [1.165, 1.54) is 11.1 Å². The van der Waals surface area contributed by atoms with Crippen LogP contribution in [-0.2, 0) is 13.0 Å². The van der Waals surface area contributed by atoms with Gasteiger partial charge >= 0.3 is 0 Å². The Morgan fingerprint density at radius 1 is 0.867 bits per heavy atom. The summed E-state index contributed by atoms with van der Waals surface area (Å²) in [6.45, 7) is 8.41. The van der Waals surface area contributed by atoms with E-state index < -0.39 is 0 Å². The van der Waals surface area contributed by atoms with Gasteiger partial charge in [0.2, 0.25) is 0 Å². The van der Waals surface area contributed by atoms with Gasteiger partial charge < -0.3 is 10.6 Å². The number of rotatable bonds is 7. The third-order valence-corrected chi connectivity index (χ3v) is 2.49. The normalized spacial score (nSPS) is 10.5. The first kappa shape index (κ1) is 12.2. The highest BCUT2D eigenvalue weighted by Gasteiger charge is 1.92. The van der Waals surface area contributed by atoms with Crippen LogP contribution in [0.1, 0.15) is 25.0 Å². The van der Waals surface area contributed by atoms with Gasteiger partial charge in [-0.1, -0.05) is 38.1 Å². The Kier molecular flexibility index (Phi) is 6.05. The molecule has 0 saturated heterocycles. The molecule has 0 fully saturated rings. The second kappa shape index (κ2) is 7.43. The number of hydrogen-bond donors (Lipinski definition) is 2. The Morgan fingerprint density at radius 2 is 1.47 bits per heavy atom. The number of aryl methyl sites for hydroxylation is 1. The van der Waals surface area contributed by atoms with Crippen molar-refractivity contribution >= 4 is 0 Å². The Hall–Kier alpha value is -0.860. The molecule has 0 aliphatic carbocycles. The summed E-state index contributed by atoms with van der Waals surface area (Å²) in [5, 5.41) is 6.70. The predicted octanol–water partition coefficient (Wildman–Crippen LogP) is 1.95. The molecular weight excluding hydrogens is 184 g/mol. The first-order valence-electron chi connectivity index (χ1n) is 5.86. The Morgan fingerprint density at radius 3 is 2.07 bits per heavy atom. The van der Waals surface area contributed by atoms with E-state index >= 15 is 0 Å². The van der Waals surface area contributed by atoms with Crippen LogP contribution in [0.25, 0.3) is 0 Å². The molecule has 0 aliphatic rings. The zero-order valence-corrected chi connectivity index (χ0v) is 9.84. The van der Waals surface area contributed by atoms with Gasteiger partial charge in [-0.2, -0.15) is 0 Å². The summed E-state index contributed by atoms with van der Waals surface area (Å²) in [4.78, 5) is 0. The highest BCUT2D eigenvalue weighted by Crippen LogP contribution is 2.04. The molecule has 2 N–H and O–H groups in total. The minimum atomic E-state index is 0.968. The van der Waals surface area contributed by atoms with Crippen LogP contribution in [0.3, 0.4) is 0 Å². The fourth-order valence-electron chi connectivity index (χ4n) is 1.48. The minimum absolute atomic E-state index is 0.968. The average Bonchev–Trinajstić information content (AvgIpc) is 2.30. The highest BCUT2D eigenvalue weighted by atomic mass is 14.9. The lowest BCUT2D eigenvalue weighted by Crippen LogP contribution is -2.26. The first-order chi connectivity index (χ1) is 7.36. The van der Waals surface area contributed by atoms with Gasteiger partial charge in [-0.25, -0.2) is 0 Å². The lowest BCUT2D eigenvalue weighted by atomic mass is 10.1. The molecular formula is C13H22N2. The molecule has 0 spiro atoms. The molecule has 0 saturated carbocycles. The fourth-order valence-corrected chi connectivity index (χ4v) is 1.48. The van der Waals surface area contributed by atoms with E-state index in [0.29, 0.717) is 0 Å². The fraction of sp³-hybridized carbons (Fsp3) is 0.538. The van der Waals surface area contributed by atoms with Crippen LogP contribution in [0.4, 0.5) is 0 Å². The van der Waals surface area contributed by atoms with Crippen LogP contribution in [0.15, 0.2) is 24.3 Å². The molecule has 1 rings (SSSR count). The summed E-state index contributed by atoms with van der Waals surface area (Å²) in [5.41, 5.74) is 2.77. The van der Waals surface area contributed by atoms with Gasteiger partial charge in [-0.15, -0.1) is 0 Å². The van der Waals surface area contributed by atoms with Crippen molar-refractivity contribution in [1.29, 1.82) is 0 Å². The molecule has 0 aliphatic heterocycles. The van der Waals surface area contributed by atoms with Gasteiger partial charge in [-0.3, -0.25) is 0 Å². The topological polar surface area (TPSA) is 24.1 Å². The molecule has 0 radical (unpaired) electrons. The maximum Gasteiger partial charge on any atom is 0.0206 e. The summed E-state index contributed by atoms with van der Waals surface area (Å²) >= 11 is 0. The maximum atomic E-state index is 3.41. The van der Waals surface area contributed by atoms with Gasteiger partial charge in [0.15, 0.2) is 0 Å². The van der Waals surface area contributed by atoms with Crippen LogP contribution >= 0.6 is 0 Å². The van der Waals surface area contributed by atoms with Crippen LogP contribution in [0.5, 0.6) is 0 Å². The standard InChI is InChI=1S/C13H22N2/c1-3-12-5-7-13(8-6-12)11-15-10-9-14-4-2/h5-8,14-15H,3-4,9-11H2,1-2H3. The van der Waals surface area contributed by atoms with Crippen molar-refractivity contribution in [3.63, 3.8) is 0 Å². The van der Waals surface area contributed by atoms with Crippen LogP contribution < -0.4 is 10.6 Å². The van der Waals surface area contributed by atoms with Crippen molar-refractivity contribution < 1.29 is 0 Å². The molecule has 1 aromatic rings. The molecule has 0 aromatic heterocycles. The summed E-state index contributed by atoms with van der Waals surface area (Å²) < 4.78 is 0. The lowest BCUT2D eigenvalue weighted by Gasteiger charge is -2.05. The molecule has 84 valence electrons. The predicted molar refractivity (Wildman–Crippen MR) is 66.1 cm³/mol. The Balaban J connectivity index is 2.20. The highest BCUT2D eigenvalue weighted by molar-refractivity contribution is 5.22. The molecule has 0 bridgehead atoms. The zero-order valence-electron chi connectivity index (χ0n) is 9.84. The molecule has 1 aromatic carbocycles. The third kappa shape index (κ3) is 4.96. The SMILES string of the molecule is CCNCCNCc1ccc(CC)cc1. The van der Waals surface area contributed by atoms with Crippen molar-refractivity contribution in [3.8, 4) is 0 Å². The first-order valence-corrected chi connectivity index (χ1v) is 5.86. The molecule has 0 amide bonds. The maximum absolute atomic E-state index is 3.41. The monoisotopic (exact) mass is 206 g/mol. The summed E-state index contributed by atoms with van der Waals surface area (Å²) in [6, 6.07) is 8.83. The largest absolute Gasteiger partial charge is 0.316 e. The second-order valence-electron chi connectivity index (χ2n) is 3.70. The summed E-state index contributed by atoms with van der Waals surface area (Å²) in [6.07, 6.45) is 1.12. The Bertz CT molecular complexity index is 254. The van der Waals surface area contributed by atoms with Gasteiger partial charge in [0.05, 0.1) is 0 Å². The van der Waals surface area contributed by atoms with Crippen LogP contribution in [-0.4, -0.2) is 19.6 Å². The van der Waals surface area contributed by atoms with E-state index in [-0.39, 0.29) is 0 Å². The minimum Gasteiger partial charge on any atom is -0.316 e. The van der Waals surface area contributed by atoms with Crippen LogP contribution in [0, 0.1) is 0 Å². The summed E-state index contributed by atoms with van der Waals surface area (Å²) in [5.74, 6) is 0. The molecule has 2 nitrogen and oxygen atoms in total. The molecule has 0 unspecified atom stereocenters. The lowest BCUT2D eigenvalue weighted by molar-refractivity contribution is 0.625. The van der Waals surface area contributed by atoms with Crippen molar-refractivity contribution in [3.05, 3.63) is 35.4 Å². The second-order valence-corrected chi connectivity index (χ2v) is 3.70. The quantitative estimate of drug-likeness (QED) is 0.666.